The summed E-state index contributed by atoms with van der Waals surface area (Å²) in [6.07, 6.45) is -2.98. The molecule has 0 bridgehead atoms. The van der Waals surface area contributed by atoms with Gasteiger partial charge in [0.15, 0.2) is 18.3 Å². The van der Waals surface area contributed by atoms with Crippen molar-refractivity contribution in [1.29, 1.82) is 0 Å². The molecule has 4 rings (SSSR count). The van der Waals surface area contributed by atoms with Crippen LogP contribution in [-0.4, -0.2) is 65.7 Å². The molecule has 8 nitrogen and oxygen atoms in total. The predicted octanol–water partition coefficient (Wildman–Crippen LogP) is 3.74. The van der Waals surface area contributed by atoms with E-state index < -0.39 is 54.4 Å². The third kappa shape index (κ3) is 6.37. The molecule has 0 radical (unpaired) electrons. The lowest BCUT2D eigenvalue weighted by atomic mass is 9.98. The van der Waals surface area contributed by atoms with E-state index in [2.05, 4.69) is 0 Å². The van der Waals surface area contributed by atoms with Crippen molar-refractivity contribution in [2.24, 2.45) is 0 Å². The zero-order chi connectivity index (χ0) is 26.2. The zero-order valence-electron chi connectivity index (χ0n) is 20.0. The summed E-state index contributed by atoms with van der Waals surface area (Å²) in [5.74, 6) is -2.07. The van der Waals surface area contributed by atoms with E-state index in [1.54, 1.807) is 97.3 Å². The Labute approximate surface area is 218 Å². The van der Waals surface area contributed by atoms with Gasteiger partial charge in [-0.15, -0.1) is 11.8 Å². The van der Waals surface area contributed by atoms with Crippen molar-refractivity contribution in [2.45, 2.75) is 29.9 Å². The Hall–Kier alpha value is -3.66. The normalized spacial score (nSPS) is 23.0. The minimum Gasteiger partial charge on any atom is -0.452 e. The van der Waals surface area contributed by atoms with E-state index in [0.717, 1.165) is 0 Å². The lowest BCUT2D eigenvalue weighted by molar-refractivity contribution is -0.207. The third-order valence-electron chi connectivity index (χ3n) is 5.76. The van der Waals surface area contributed by atoms with Crippen LogP contribution in [0, 0.1) is 0 Å². The van der Waals surface area contributed by atoms with Gasteiger partial charge in [-0.3, -0.25) is 0 Å². The highest BCUT2D eigenvalue weighted by atomic mass is 32.2. The molecule has 192 valence electrons. The maximum absolute atomic E-state index is 13.1. The summed E-state index contributed by atoms with van der Waals surface area (Å²) in [5.41, 5.74) is -0.00340. The second kappa shape index (κ2) is 12.5. The molecule has 3 aromatic rings. The minimum atomic E-state index is -1.27. The maximum Gasteiger partial charge on any atom is 0.338 e. The molecule has 1 aliphatic heterocycles. The molecular formula is C28H26O8S. The quantitative estimate of drug-likeness (QED) is 0.350. The summed E-state index contributed by atoms with van der Waals surface area (Å²) in [7, 11) is 0. The van der Waals surface area contributed by atoms with Gasteiger partial charge in [0.25, 0.3) is 0 Å². The highest BCUT2D eigenvalue weighted by molar-refractivity contribution is 7.99. The Bertz CT molecular complexity index is 1120. The summed E-state index contributed by atoms with van der Waals surface area (Å²) >= 11 is 1.21. The summed E-state index contributed by atoms with van der Waals surface area (Å²) < 4.78 is 23.4. The minimum absolute atomic E-state index is 0.261. The smallest absolute Gasteiger partial charge is 0.338 e. The van der Waals surface area contributed by atoms with Gasteiger partial charge in [0, 0.05) is 0 Å². The first-order valence-electron chi connectivity index (χ1n) is 11.6. The molecule has 1 saturated heterocycles. The van der Waals surface area contributed by atoms with Gasteiger partial charge in [-0.05, 0) is 42.7 Å². The zero-order valence-corrected chi connectivity index (χ0v) is 20.8. The largest absolute Gasteiger partial charge is 0.452 e. The van der Waals surface area contributed by atoms with Crippen molar-refractivity contribution < 1.29 is 38.4 Å². The van der Waals surface area contributed by atoms with Crippen LogP contribution >= 0.6 is 11.8 Å². The number of benzene rings is 3. The van der Waals surface area contributed by atoms with E-state index in [-0.39, 0.29) is 16.7 Å². The number of esters is 3. The van der Waals surface area contributed by atoms with Crippen LogP contribution in [0.3, 0.4) is 0 Å². The predicted molar refractivity (Wildman–Crippen MR) is 136 cm³/mol. The number of ether oxygens (including phenoxy) is 4. The van der Waals surface area contributed by atoms with Crippen LogP contribution in [0.1, 0.15) is 31.1 Å². The first-order valence-corrected chi connectivity index (χ1v) is 12.9. The van der Waals surface area contributed by atoms with Gasteiger partial charge < -0.3 is 24.1 Å². The molecule has 9 heteroatoms. The van der Waals surface area contributed by atoms with Crippen LogP contribution < -0.4 is 0 Å². The number of carbonyl (C=O) groups excluding carboxylic acids is 3. The molecule has 5 atom stereocenters. The van der Waals surface area contributed by atoms with Gasteiger partial charge in [0.05, 0.1) is 23.3 Å². The van der Waals surface area contributed by atoms with E-state index in [1.165, 1.54) is 11.8 Å². The SMILES string of the molecule is CS[C@@H]1O[C@H](CO)[C@@H](OC(=O)c2ccccc2)[C@H](OC(=O)c2ccccc2)[C@H]1OC(=O)c1ccccc1. The van der Waals surface area contributed by atoms with E-state index >= 15 is 0 Å². The van der Waals surface area contributed by atoms with Crippen molar-refractivity contribution in [3.8, 4) is 0 Å². The molecular weight excluding hydrogens is 496 g/mol. The fourth-order valence-corrected chi connectivity index (χ4v) is 4.65. The number of carbonyl (C=O) groups is 3. The van der Waals surface area contributed by atoms with E-state index in [4.69, 9.17) is 18.9 Å². The molecule has 1 fully saturated rings. The molecule has 0 unspecified atom stereocenters. The van der Waals surface area contributed by atoms with Crippen molar-refractivity contribution in [1.82, 2.24) is 0 Å². The van der Waals surface area contributed by atoms with Crippen LogP contribution in [0.2, 0.25) is 0 Å². The second-order valence-electron chi connectivity index (χ2n) is 8.17. The lowest BCUT2D eigenvalue weighted by Gasteiger charge is -2.44. The summed E-state index contributed by atoms with van der Waals surface area (Å²) in [6.45, 7) is -0.525. The van der Waals surface area contributed by atoms with Crippen LogP contribution in [0.25, 0.3) is 0 Å². The van der Waals surface area contributed by atoms with Crippen LogP contribution in [-0.2, 0) is 18.9 Å². The summed E-state index contributed by atoms with van der Waals surface area (Å²) in [5, 5.41) is 10.1. The monoisotopic (exact) mass is 522 g/mol. The van der Waals surface area contributed by atoms with Crippen LogP contribution in [0.15, 0.2) is 91.0 Å². The Balaban J connectivity index is 1.69. The van der Waals surface area contributed by atoms with E-state index in [0.29, 0.717) is 0 Å². The number of rotatable bonds is 8. The van der Waals surface area contributed by atoms with Gasteiger partial charge in [0.1, 0.15) is 11.5 Å². The molecule has 1 heterocycles. The van der Waals surface area contributed by atoms with Crippen LogP contribution in [0.4, 0.5) is 0 Å². The highest BCUT2D eigenvalue weighted by Gasteiger charge is 2.52. The fraction of sp³-hybridized carbons (Fsp3) is 0.250. The average molecular weight is 523 g/mol. The third-order valence-corrected chi connectivity index (χ3v) is 6.61. The summed E-state index contributed by atoms with van der Waals surface area (Å²) in [4.78, 5) is 39.0. The molecule has 3 aromatic carbocycles. The molecule has 0 aromatic heterocycles. The highest BCUT2D eigenvalue weighted by Crippen LogP contribution is 2.34. The number of aliphatic hydroxyl groups is 1. The average Bonchev–Trinajstić information content (AvgIpc) is 2.95. The Morgan fingerprint density at radius 3 is 1.43 bits per heavy atom. The number of hydrogen-bond donors (Lipinski definition) is 1. The topological polar surface area (TPSA) is 108 Å². The van der Waals surface area contributed by atoms with E-state index in [1.807, 2.05) is 0 Å². The van der Waals surface area contributed by atoms with Crippen molar-refractivity contribution in [2.75, 3.05) is 12.9 Å². The fourth-order valence-electron chi connectivity index (χ4n) is 3.91. The van der Waals surface area contributed by atoms with Gasteiger partial charge in [0.2, 0.25) is 0 Å². The second-order valence-corrected chi connectivity index (χ2v) is 9.11. The number of hydrogen-bond acceptors (Lipinski definition) is 9. The van der Waals surface area contributed by atoms with Crippen molar-refractivity contribution in [3.63, 3.8) is 0 Å². The molecule has 0 aliphatic carbocycles. The Kier molecular flexibility index (Phi) is 8.95. The number of thioether (sulfide) groups is 1. The Morgan fingerprint density at radius 1 is 0.676 bits per heavy atom. The van der Waals surface area contributed by atoms with E-state index in [9.17, 15) is 19.5 Å². The van der Waals surface area contributed by atoms with Gasteiger partial charge in [-0.1, -0.05) is 54.6 Å². The van der Waals surface area contributed by atoms with Gasteiger partial charge in [-0.2, -0.15) is 0 Å². The first kappa shape index (κ1) is 26.4. The van der Waals surface area contributed by atoms with Crippen molar-refractivity contribution in [3.05, 3.63) is 108 Å². The molecule has 1 N–H and O–H groups in total. The number of aliphatic hydroxyl groups excluding tert-OH is 1. The van der Waals surface area contributed by atoms with Crippen LogP contribution in [0.5, 0.6) is 0 Å². The lowest BCUT2D eigenvalue weighted by Crippen LogP contribution is -2.61. The van der Waals surface area contributed by atoms with Crippen molar-refractivity contribution >= 4 is 29.7 Å². The Morgan fingerprint density at radius 2 is 1.05 bits per heavy atom. The first-order chi connectivity index (χ1) is 18.0. The van der Waals surface area contributed by atoms with Gasteiger partial charge in [-0.25, -0.2) is 14.4 Å². The molecule has 0 amide bonds. The standard InChI is InChI=1S/C28H26O8S/c1-37-28-24(36-27(32)20-15-9-4-10-16-20)23(35-26(31)19-13-7-3-8-14-19)22(21(17-29)33-28)34-25(30)18-11-5-2-6-12-18/h2-16,21-24,28-29H,17H2,1H3/t21-,22-,23+,24-,28+/m1/s1. The van der Waals surface area contributed by atoms with Gasteiger partial charge >= 0.3 is 17.9 Å². The maximum atomic E-state index is 13.1. The summed E-state index contributed by atoms with van der Waals surface area (Å²) in [6, 6.07) is 24.9. The molecule has 37 heavy (non-hydrogen) atoms. The molecule has 1 aliphatic rings. The molecule has 0 saturated carbocycles. The molecule has 0 spiro atoms.